The maximum atomic E-state index is 11.7. The highest BCUT2D eigenvalue weighted by Crippen LogP contribution is 2.09. The van der Waals surface area contributed by atoms with Crippen LogP contribution >= 0.6 is 0 Å². The van der Waals surface area contributed by atoms with Crippen LogP contribution in [0.1, 0.15) is 35.2 Å². The number of hydrogen-bond donors (Lipinski definition) is 2. The van der Waals surface area contributed by atoms with E-state index in [1.807, 2.05) is 0 Å². The Bertz CT molecular complexity index is 400. The van der Waals surface area contributed by atoms with Gasteiger partial charge in [0.15, 0.2) is 5.78 Å². The minimum atomic E-state index is -0.791. The van der Waals surface area contributed by atoms with Gasteiger partial charge in [0.1, 0.15) is 0 Å². The zero-order valence-electron chi connectivity index (χ0n) is 10.1. The van der Waals surface area contributed by atoms with Gasteiger partial charge in [-0.15, -0.1) is 0 Å². The summed E-state index contributed by atoms with van der Waals surface area (Å²) >= 11 is 0. The molecule has 0 aliphatic heterocycles. The highest BCUT2D eigenvalue weighted by atomic mass is 16.5. The van der Waals surface area contributed by atoms with Crippen molar-refractivity contribution in [3.63, 3.8) is 0 Å². The molecule has 0 aromatic heterocycles. The van der Waals surface area contributed by atoms with E-state index in [-0.39, 0.29) is 19.0 Å². The summed E-state index contributed by atoms with van der Waals surface area (Å²) in [6, 6.07) is 6.86. The summed E-state index contributed by atoms with van der Waals surface area (Å²) in [5, 5.41) is 8.88. The number of benzene rings is 1. The SMILES string of the molecule is NC(=O)OCCCCC(=O)c1ccc(CO)cc1. The molecule has 18 heavy (non-hydrogen) atoms. The summed E-state index contributed by atoms with van der Waals surface area (Å²) in [6.45, 7) is 0.213. The Kier molecular flexibility index (Phi) is 5.87. The Morgan fingerprint density at radius 3 is 2.39 bits per heavy atom. The van der Waals surface area contributed by atoms with Crippen molar-refractivity contribution < 1.29 is 19.4 Å². The highest BCUT2D eigenvalue weighted by Gasteiger charge is 2.05. The first-order chi connectivity index (χ1) is 8.63. The van der Waals surface area contributed by atoms with E-state index in [0.717, 1.165) is 5.56 Å². The molecule has 1 rings (SSSR count). The number of primary amides is 1. The van der Waals surface area contributed by atoms with Crippen LogP contribution in [0.4, 0.5) is 4.79 Å². The molecular formula is C13H17NO4. The van der Waals surface area contributed by atoms with Crippen LogP contribution in [0.2, 0.25) is 0 Å². The zero-order chi connectivity index (χ0) is 13.4. The van der Waals surface area contributed by atoms with Crippen molar-refractivity contribution in [1.82, 2.24) is 0 Å². The number of nitrogens with two attached hydrogens (primary N) is 1. The van der Waals surface area contributed by atoms with Gasteiger partial charge >= 0.3 is 6.09 Å². The summed E-state index contributed by atoms with van der Waals surface area (Å²) in [7, 11) is 0. The number of ether oxygens (including phenoxy) is 1. The number of ketones is 1. The van der Waals surface area contributed by atoms with Crippen molar-refractivity contribution in [1.29, 1.82) is 0 Å². The van der Waals surface area contributed by atoms with Crippen LogP contribution in [-0.2, 0) is 11.3 Å². The number of aliphatic hydroxyl groups excluding tert-OH is 1. The molecule has 0 bridgehead atoms. The Labute approximate surface area is 106 Å². The molecule has 0 spiro atoms. The van der Waals surface area contributed by atoms with E-state index >= 15 is 0 Å². The topological polar surface area (TPSA) is 89.6 Å². The largest absolute Gasteiger partial charge is 0.450 e. The molecule has 0 aliphatic carbocycles. The number of Topliss-reactive ketones (excluding diaryl/α,β-unsaturated/α-hetero) is 1. The van der Waals surface area contributed by atoms with E-state index in [2.05, 4.69) is 4.74 Å². The van der Waals surface area contributed by atoms with Crippen molar-refractivity contribution in [3.05, 3.63) is 35.4 Å². The fourth-order valence-electron chi connectivity index (χ4n) is 1.50. The van der Waals surface area contributed by atoms with Crippen LogP contribution in [0.3, 0.4) is 0 Å². The normalized spacial score (nSPS) is 10.1. The van der Waals surface area contributed by atoms with Crippen molar-refractivity contribution in [2.24, 2.45) is 5.73 Å². The average molecular weight is 251 g/mol. The van der Waals surface area contributed by atoms with Crippen molar-refractivity contribution in [3.8, 4) is 0 Å². The van der Waals surface area contributed by atoms with Crippen LogP contribution in [-0.4, -0.2) is 23.6 Å². The lowest BCUT2D eigenvalue weighted by molar-refractivity contribution is 0.0976. The number of unbranched alkanes of at least 4 members (excludes halogenated alkanes) is 1. The summed E-state index contributed by atoms with van der Waals surface area (Å²) in [6.07, 6.45) is 0.874. The number of carbonyl (C=O) groups is 2. The van der Waals surface area contributed by atoms with E-state index in [1.54, 1.807) is 24.3 Å². The molecule has 5 heteroatoms. The van der Waals surface area contributed by atoms with E-state index in [9.17, 15) is 9.59 Å². The number of carbonyl (C=O) groups excluding carboxylic acids is 2. The fraction of sp³-hybridized carbons (Fsp3) is 0.385. The molecule has 1 aromatic rings. The predicted molar refractivity (Wildman–Crippen MR) is 66.1 cm³/mol. The molecular weight excluding hydrogens is 234 g/mol. The van der Waals surface area contributed by atoms with Gasteiger partial charge in [-0.3, -0.25) is 4.79 Å². The first-order valence-corrected chi connectivity index (χ1v) is 5.78. The van der Waals surface area contributed by atoms with Crippen LogP contribution < -0.4 is 5.73 Å². The standard InChI is InChI=1S/C13H17NO4/c14-13(17)18-8-2-1-3-12(16)11-6-4-10(9-15)5-7-11/h4-7,15H,1-3,8-9H2,(H2,14,17). The maximum absolute atomic E-state index is 11.7. The first-order valence-electron chi connectivity index (χ1n) is 5.78. The molecule has 1 aromatic carbocycles. The van der Waals surface area contributed by atoms with Crippen molar-refractivity contribution in [2.75, 3.05) is 6.61 Å². The molecule has 0 fully saturated rings. The van der Waals surface area contributed by atoms with E-state index in [4.69, 9.17) is 10.8 Å². The quantitative estimate of drug-likeness (QED) is 0.569. The smallest absolute Gasteiger partial charge is 0.404 e. The molecule has 0 saturated carbocycles. The second-order valence-corrected chi connectivity index (χ2v) is 3.90. The second kappa shape index (κ2) is 7.45. The van der Waals surface area contributed by atoms with Crippen molar-refractivity contribution >= 4 is 11.9 Å². The Hall–Kier alpha value is -1.88. The molecule has 0 heterocycles. The molecule has 0 atom stereocenters. The number of amides is 1. The Morgan fingerprint density at radius 1 is 1.17 bits per heavy atom. The third-order valence-corrected chi connectivity index (χ3v) is 2.50. The van der Waals surface area contributed by atoms with E-state index in [0.29, 0.717) is 24.8 Å². The van der Waals surface area contributed by atoms with Crippen molar-refractivity contribution in [2.45, 2.75) is 25.9 Å². The second-order valence-electron chi connectivity index (χ2n) is 3.90. The summed E-state index contributed by atoms with van der Waals surface area (Å²) in [4.78, 5) is 22.0. The molecule has 1 amide bonds. The molecule has 0 aliphatic rings. The molecule has 3 N–H and O–H groups in total. The summed E-state index contributed by atoms with van der Waals surface area (Å²) in [5.74, 6) is 0.0403. The molecule has 0 radical (unpaired) electrons. The predicted octanol–water partition coefficient (Wildman–Crippen LogP) is 1.63. The van der Waals surface area contributed by atoms with Crippen LogP contribution in [0, 0.1) is 0 Å². The fourth-order valence-corrected chi connectivity index (χ4v) is 1.50. The first kappa shape index (κ1) is 14.2. The van der Waals surface area contributed by atoms with E-state index in [1.165, 1.54) is 0 Å². The monoisotopic (exact) mass is 251 g/mol. The van der Waals surface area contributed by atoms with Gasteiger partial charge in [-0.2, -0.15) is 0 Å². The van der Waals surface area contributed by atoms with Crippen LogP contribution in [0.5, 0.6) is 0 Å². The minimum Gasteiger partial charge on any atom is -0.450 e. The Morgan fingerprint density at radius 2 is 1.83 bits per heavy atom. The van der Waals surface area contributed by atoms with Crippen LogP contribution in [0.25, 0.3) is 0 Å². The maximum Gasteiger partial charge on any atom is 0.404 e. The average Bonchev–Trinajstić information content (AvgIpc) is 2.38. The third-order valence-electron chi connectivity index (χ3n) is 2.50. The number of rotatable bonds is 7. The summed E-state index contributed by atoms with van der Waals surface area (Å²) in [5.41, 5.74) is 6.21. The minimum absolute atomic E-state index is 0.0288. The summed E-state index contributed by atoms with van der Waals surface area (Å²) < 4.78 is 4.56. The van der Waals surface area contributed by atoms with E-state index < -0.39 is 6.09 Å². The number of hydrogen-bond acceptors (Lipinski definition) is 4. The van der Waals surface area contributed by atoms with Gasteiger partial charge in [-0.05, 0) is 18.4 Å². The lowest BCUT2D eigenvalue weighted by Crippen LogP contribution is -2.13. The number of aliphatic hydroxyl groups is 1. The van der Waals surface area contributed by atoms with Gasteiger partial charge in [-0.1, -0.05) is 24.3 Å². The van der Waals surface area contributed by atoms with Gasteiger partial charge in [0.25, 0.3) is 0 Å². The zero-order valence-corrected chi connectivity index (χ0v) is 10.1. The van der Waals surface area contributed by atoms with Gasteiger partial charge in [0.2, 0.25) is 0 Å². The molecule has 98 valence electrons. The molecule has 5 nitrogen and oxygen atoms in total. The Balaban J connectivity index is 2.29. The van der Waals surface area contributed by atoms with Crippen LogP contribution in [0.15, 0.2) is 24.3 Å². The lowest BCUT2D eigenvalue weighted by atomic mass is 10.0. The van der Waals surface area contributed by atoms with Gasteiger partial charge in [-0.25, -0.2) is 4.79 Å². The van der Waals surface area contributed by atoms with Gasteiger partial charge in [0, 0.05) is 12.0 Å². The lowest BCUT2D eigenvalue weighted by Gasteiger charge is -2.03. The third kappa shape index (κ3) is 4.97. The molecule has 0 saturated heterocycles. The van der Waals surface area contributed by atoms with Gasteiger partial charge in [0.05, 0.1) is 13.2 Å². The molecule has 0 unspecified atom stereocenters. The highest BCUT2D eigenvalue weighted by molar-refractivity contribution is 5.96. The van der Waals surface area contributed by atoms with Gasteiger partial charge < -0.3 is 15.6 Å².